The Balaban J connectivity index is 0.000000252. The van der Waals surface area contributed by atoms with E-state index in [2.05, 4.69) is 15.1 Å². The standard InChI is InChI=1S/C20H19F2N3O.C6H8N2/c1-11-10-23-20-18(24-11)9-17(13-5-6-26-12(2)7-13)25-19(20)15-4-3-14(21)8-16(15)22;1-4-7-8(5-1)6-2-3-6/h3-4,8-10,12-13H,5-7H2,1-2H3;1,4-6H,2-3H2/t12-,13-;/m0./s1. The van der Waals surface area contributed by atoms with Gasteiger partial charge in [0.05, 0.1) is 23.4 Å². The highest BCUT2D eigenvalue weighted by molar-refractivity contribution is 5.89. The zero-order valence-corrected chi connectivity index (χ0v) is 19.3. The Kier molecular flexibility index (Phi) is 6.32. The number of halogens is 2. The fraction of sp³-hybridized carbons (Fsp3) is 0.385. The van der Waals surface area contributed by atoms with Gasteiger partial charge in [-0.3, -0.25) is 9.67 Å². The van der Waals surface area contributed by atoms with E-state index in [1.807, 2.05) is 43.1 Å². The highest BCUT2D eigenvalue weighted by Crippen LogP contribution is 2.35. The van der Waals surface area contributed by atoms with E-state index >= 15 is 0 Å². The van der Waals surface area contributed by atoms with Crippen LogP contribution >= 0.6 is 0 Å². The number of hydrogen-bond acceptors (Lipinski definition) is 5. The highest BCUT2D eigenvalue weighted by atomic mass is 19.1. The number of ether oxygens (including phenoxy) is 1. The first-order chi connectivity index (χ1) is 16.5. The second-order valence-corrected chi connectivity index (χ2v) is 9.02. The predicted octanol–water partition coefficient (Wildman–Crippen LogP) is 5.78. The molecule has 3 aromatic heterocycles. The summed E-state index contributed by atoms with van der Waals surface area (Å²) in [7, 11) is 0. The molecule has 4 heterocycles. The maximum Gasteiger partial charge on any atom is 0.135 e. The minimum Gasteiger partial charge on any atom is -0.378 e. The summed E-state index contributed by atoms with van der Waals surface area (Å²) in [5, 5.41) is 4.09. The van der Waals surface area contributed by atoms with Crippen LogP contribution in [0, 0.1) is 18.6 Å². The van der Waals surface area contributed by atoms with E-state index in [9.17, 15) is 8.78 Å². The molecule has 0 radical (unpaired) electrons. The van der Waals surface area contributed by atoms with Crippen molar-refractivity contribution >= 4 is 11.0 Å². The highest BCUT2D eigenvalue weighted by Gasteiger charge is 2.25. The molecule has 1 aliphatic heterocycles. The summed E-state index contributed by atoms with van der Waals surface area (Å²) in [6, 6.07) is 8.15. The van der Waals surface area contributed by atoms with Crippen molar-refractivity contribution in [3.63, 3.8) is 0 Å². The molecule has 2 atom stereocenters. The number of rotatable bonds is 3. The summed E-state index contributed by atoms with van der Waals surface area (Å²) in [6.45, 7) is 4.57. The lowest BCUT2D eigenvalue weighted by Crippen LogP contribution is -2.22. The molecule has 2 fully saturated rings. The number of fused-ring (bicyclic) bond motifs is 1. The number of aryl methyl sites for hydroxylation is 1. The molecule has 1 aromatic carbocycles. The Bertz CT molecular complexity index is 1290. The maximum atomic E-state index is 14.4. The lowest BCUT2D eigenvalue weighted by atomic mass is 9.92. The number of aromatic nitrogens is 5. The molecule has 0 bridgehead atoms. The predicted molar refractivity (Wildman–Crippen MR) is 125 cm³/mol. The second kappa shape index (κ2) is 9.54. The molecule has 6 nitrogen and oxygen atoms in total. The van der Waals surface area contributed by atoms with Gasteiger partial charge >= 0.3 is 0 Å². The monoisotopic (exact) mass is 463 g/mol. The molecule has 1 aliphatic carbocycles. The summed E-state index contributed by atoms with van der Waals surface area (Å²) < 4.78 is 35.4. The van der Waals surface area contributed by atoms with Crippen LogP contribution < -0.4 is 0 Å². The molecule has 34 heavy (non-hydrogen) atoms. The molecule has 1 saturated heterocycles. The van der Waals surface area contributed by atoms with E-state index in [1.165, 1.54) is 25.0 Å². The van der Waals surface area contributed by atoms with Gasteiger partial charge in [0.15, 0.2) is 0 Å². The zero-order valence-electron chi connectivity index (χ0n) is 19.3. The SMILES string of the molecule is Cc1cnc2c(-c3ccc(F)cc3F)nc([C@H]3CCO[C@@H](C)C3)cc2n1.c1cnn(C2CC2)c1. The molecule has 176 valence electrons. The van der Waals surface area contributed by atoms with E-state index in [-0.39, 0.29) is 17.6 Å². The average Bonchev–Trinajstić information content (AvgIpc) is 3.52. The lowest BCUT2D eigenvalue weighted by Gasteiger charge is -2.27. The third-order valence-corrected chi connectivity index (χ3v) is 6.21. The van der Waals surface area contributed by atoms with E-state index in [1.54, 1.807) is 6.20 Å². The molecule has 4 aromatic rings. The van der Waals surface area contributed by atoms with E-state index < -0.39 is 11.6 Å². The molecule has 0 spiro atoms. The van der Waals surface area contributed by atoms with Gasteiger partial charge in [-0.1, -0.05) is 0 Å². The van der Waals surface area contributed by atoms with Gasteiger partial charge in [-0.2, -0.15) is 5.10 Å². The van der Waals surface area contributed by atoms with Gasteiger partial charge in [-0.05, 0) is 63.8 Å². The number of benzene rings is 1. The van der Waals surface area contributed by atoms with Crippen molar-refractivity contribution in [1.29, 1.82) is 0 Å². The zero-order chi connectivity index (χ0) is 23.7. The average molecular weight is 464 g/mol. The Hall–Kier alpha value is -3.26. The summed E-state index contributed by atoms with van der Waals surface area (Å²) in [4.78, 5) is 13.7. The summed E-state index contributed by atoms with van der Waals surface area (Å²) in [6.07, 6.45) is 9.99. The lowest BCUT2D eigenvalue weighted by molar-refractivity contribution is 0.0180. The first-order valence-electron chi connectivity index (χ1n) is 11.7. The van der Waals surface area contributed by atoms with Crippen molar-refractivity contribution in [1.82, 2.24) is 24.7 Å². The maximum absolute atomic E-state index is 14.4. The van der Waals surface area contributed by atoms with Crippen LogP contribution in [0.25, 0.3) is 22.3 Å². The van der Waals surface area contributed by atoms with Crippen LogP contribution in [0.5, 0.6) is 0 Å². The largest absolute Gasteiger partial charge is 0.378 e. The van der Waals surface area contributed by atoms with E-state index in [0.29, 0.717) is 23.3 Å². The Morgan fingerprint density at radius 3 is 2.65 bits per heavy atom. The first kappa shape index (κ1) is 22.5. The van der Waals surface area contributed by atoms with Gasteiger partial charge in [-0.25, -0.2) is 18.7 Å². The van der Waals surface area contributed by atoms with Crippen molar-refractivity contribution < 1.29 is 13.5 Å². The van der Waals surface area contributed by atoms with Crippen molar-refractivity contribution in [2.24, 2.45) is 0 Å². The van der Waals surface area contributed by atoms with Gasteiger partial charge in [0.1, 0.15) is 22.8 Å². The number of hydrogen-bond donors (Lipinski definition) is 0. The Morgan fingerprint density at radius 1 is 1.09 bits per heavy atom. The molecule has 8 heteroatoms. The molecule has 2 aliphatic rings. The molecular formula is C26H27F2N5O. The van der Waals surface area contributed by atoms with Crippen LogP contribution in [0.3, 0.4) is 0 Å². The molecule has 0 unspecified atom stereocenters. The van der Waals surface area contributed by atoms with Gasteiger partial charge in [0.2, 0.25) is 0 Å². The molecule has 6 rings (SSSR count). The topological polar surface area (TPSA) is 65.7 Å². The third-order valence-electron chi connectivity index (χ3n) is 6.21. The van der Waals surface area contributed by atoms with Crippen LogP contribution in [-0.2, 0) is 4.74 Å². The van der Waals surface area contributed by atoms with Crippen molar-refractivity contribution in [3.05, 3.63) is 71.9 Å². The summed E-state index contributed by atoms with van der Waals surface area (Å²) >= 11 is 0. The minimum atomic E-state index is -0.654. The van der Waals surface area contributed by atoms with Crippen molar-refractivity contribution in [2.75, 3.05) is 6.61 Å². The van der Waals surface area contributed by atoms with Gasteiger partial charge in [0.25, 0.3) is 0 Å². The summed E-state index contributed by atoms with van der Waals surface area (Å²) in [5.74, 6) is -1.06. The fourth-order valence-electron chi connectivity index (χ4n) is 4.31. The Labute approximate surface area is 197 Å². The van der Waals surface area contributed by atoms with Crippen LogP contribution in [0.1, 0.15) is 56.0 Å². The number of pyridine rings is 1. The number of nitrogens with zero attached hydrogens (tertiary/aromatic N) is 5. The quantitative estimate of drug-likeness (QED) is 0.385. The van der Waals surface area contributed by atoms with Crippen LogP contribution in [0.4, 0.5) is 8.78 Å². The van der Waals surface area contributed by atoms with Crippen molar-refractivity contribution in [3.8, 4) is 11.3 Å². The smallest absolute Gasteiger partial charge is 0.135 e. The van der Waals surface area contributed by atoms with Crippen molar-refractivity contribution in [2.45, 2.75) is 57.6 Å². The van der Waals surface area contributed by atoms with Gasteiger partial charge in [-0.15, -0.1) is 0 Å². The van der Waals surface area contributed by atoms with Gasteiger partial charge < -0.3 is 4.74 Å². The normalized spacial score (nSPS) is 20.1. The van der Waals surface area contributed by atoms with Gasteiger partial charge in [0, 0.05) is 48.4 Å². The summed E-state index contributed by atoms with van der Waals surface area (Å²) in [5.41, 5.74) is 3.46. The molecule has 1 saturated carbocycles. The molecular weight excluding hydrogens is 436 g/mol. The fourth-order valence-corrected chi connectivity index (χ4v) is 4.31. The Morgan fingerprint density at radius 2 is 1.94 bits per heavy atom. The molecule has 0 amide bonds. The first-order valence-corrected chi connectivity index (χ1v) is 11.7. The van der Waals surface area contributed by atoms with E-state index in [4.69, 9.17) is 9.72 Å². The van der Waals surface area contributed by atoms with Crippen LogP contribution in [-0.4, -0.2) is 37.4 Å². The van der Waals surface area contributed by atoms with Crippen LogP contribution in [0.2, 0.25) is 0 Å². The molecule has 0 N–H and O–H groups in total. The van der Waals surface area contributed by atoms with E-state index in [0.717, 1.165) is 36.3 Å². The minimum absolute atomic E-state index is 0.154. The second-order valence-electron chi connectivity index (χ2n) is 9.02. The third kappa shape index (κ3) is 4.97. The van der Waals surface area contributed by atoms with Crippen LogP contribution in [0.15, 0.2) is 48.9 Å².